The van der Waals surface area contributed by atoms with Crippen molar-refractivity contribution < 1.29 is 39.8 Å². The van der Waals surface area contributed by atoms with Crippen LogP contribution in [0.4, 0.5) is 8.78 Å². The van der Waals surface area contributed by atoms with Gasteiger partial charge in [-0.05, 0) is 0 Å². The van der Waals surface area contributed by atoms with E-state index in [1.54, 1.807) is 12.1 Å². The molecule has 0 aliphatic carbocycles. The van der Waals surface area contributed by atoms with Gasteiger partial charge in [-0.3, -0.25) is 0 Å². The van der Waals surface area contributed by atoms with Gasteiger partial charge in [0.2, 0.25) is 0 Å². The summed E-state index contributed by atoms with van der Waals surface area (Å²) in [6, 6.07) is 3.37. The number of aromatic nitrogens is 1. The van der Waals surface area contributed by atoms with Gasteiger partial charge in [0.1, 0.15) is 0 Å². The quantitative estimate of drug-likeness (QED) is 0.385. The second-order valence-corrected chi connectivity index (χ2v) is 4.99. The van der Waals surface area contributed by atoms with E-state index < -0.39 is 19.1 Å². The predicted octanol–water partition coefficient (Wildman–Crippen LogP) is -2.02. The Kier molecular flexibility index (Phi) is 4.65. The van der Waals surface area contributed by atoms with Crippen LogP contribution in [0.25, 0.3) is 0 Å². The first kappa shape index (κ1) is 12.6. The number of ether oxygens (including phenoxy) is 1. The maximum atomic E-state index is 12.6. The summed E-state index contributed by atoms with van der Waals surface area (Å²) in [6.45, 7) is -2.04. The summed E-state index contributed by atoms with van der Waals surface area (Å²) in [5.41, 5.74) is 0. The van der Waals surface area contributed by atoms with Gasteiger partial charge in [0, 0.05) is 0 Å². The third-order valence-electron chi connectivity index (χ3n) is 1.58. The van der Waals surface area contributed by atoms with Crippen molar-refractivity contribution in [1.29, 1.82) is 0 Å². The van der Waals surface area contributed by atoms with E-state index in [2.05, 4.69) is 9.91 Å². The molecule has 0 atom stereocenters. The summed E-state index contributed by atoms with van der Waals surface area (Å²) in [7, 11) is 0. The summed E-state index contributed by atoms with van der Waals surface area (Å²) in [5.74, 6) is -2.90. The van der Waals surface area contributed by atoms with Gasteiger partial charge in [-0.15, -0.1) is 0 Å². The number of aliphatic hydroxyl groups is 1. The molecule has 0 unspecified atom stereocenters. The number of rotatable bonds is 5. The van der Waals surface area contributed by atoms with Crippen molar-refractivity contribution in [2.75, 3.05) is 18.1 Å². The fraction of sp³-hybridized carbons (Fsp3) is 0.444. The van der Waals surface area contributed by atoms with Crippen LogP contribution in [0.2, 0.25) is 0 Å². The Morgan fingerprint density at radius 3 is 2.73 bits per heavy atom. The van der Waals surface area contributed by atoms with Crippen LogP contribution in [-0.4, -0.2) is 34.2 Å². The van der Waals surface area contributed by atoms with E-state index in [4.69, 9.17) is 9.84 Å². The zero-order chi connectivity index (χ0) is 11.3. The number of halogens is 3. The average Bonchev–Trinajstić information content (AvgIpc) is 2.27. The first-order chi connectivity index (χ1) is 7.07. The molecule has 1 N–H and O–H groups in total. The van der Waals surface area contributed by atoms with E-state index in [1.165, 1.54) is 6.20 Å². The zero-order valence-corrected chi connectivity index (χ0v) is 10.2. The van der Waals surface area contributed by atoms with E-state index >= 15 is 0 Å². The third kappa shape index (κ3) is 4.25. The van der Waals surface area contributed by atoms with Gasteiger partial charge in [-0.1, -0.05) is 0 Å². The van der Waals surface area contributed by atoms with Crippen LogP contribution in [0.3, 0.4) is 0 Å². The molecule has 1 heterocycles. The summed E-state index contributed by atoms with van der Waals surface area (Å²) in [6.07, 6.45) is 1.42. The molecule has 1 aromatic heterocycles. The molecule has 6 heteroatoms. The summed E-state index contributed by atoms with van der Waals surface area (Å²) < 4.78 is 31.0. The van der Waals surface area contributed by atoms with E-state index in [0.29, 0.717) is 5.75 Å². The van der Waals surface area contributed by atoms with Crippen molar-refractivity contribution in [3.05, 3.63) is 22.0 Å². The van der Waals surface area contributed by atoms with Crippen LogP contribution in [0.5, 0.6) is 5.75 Å². The molecule has 0 aliphatic heterocycles. The molecule has 0 bridgehead atoms. The molecule has 1 rings (SSSR count). The molecule has 0 spiro atoms. The Bertz CT molecular complexity index is 305. The molecule has 0 saturated heterocycles. The van der Waals surface area contributed by atoms with Gasteiger partial charge < -0.3 is 0 Å². The molecule has 3 nitrogen and oxygen atoms in total. The molecule has 15 heavy (non-hydrogen) atoms. The van der Waals surface area contributed by atoms with E-state index in [9.17, 15) is 8.78 Å². The molecule has 0 amide bonds. The average molecular weight is 330 g/mol. The van der Waals surface area contributed by atoms with Crippen molar-refractivity contribution in [3.8, 4) is 5.75 Å². The maximum absolute atomic E-state index is 12.6. The molecule has 0 aromatic carbocycles. The van der Waals surface area contributed by atoms with Gasteiger partial charge in [0.25, 0.3) is 0 Å². The number of pyridine rings is 1. The van der Waals surface area contributed by atoms with Gasteiger partial charge in [-0.25, -0.2) is 0 Å². The van der Waals surface area contributed by atoms with Crippen LogP contribution >= 0.6 is 0 Å². The van der Waals surface area contributed by atoms with Crippen molar-refractivity contribution in [2.24, 2.45) is 0 Å². The minimum atomic E-state index is -3.20. The molecular formula is C9H11F2INO2-. The van der Waals surface area contributed by atoms with Crippen LogP contribution in [0.1, 0.15) is 0 Å². The SMILES string of the molecule is C[I-]c1ccc(OCC(F)(F)CO)cn1. The first-order valence-electron chi connectivity index (χ1n) is 4.14. The van der Waals surface area contributed by atoms with E-state index in [0.717, 1.165) is 3.70 Å². The molecule has 0 saturated carbocycles. The summed E-state index contributed by atoms with van der Waals surface area (Å²) in [4.78, 5) is 6.10. The van der Waals surface area contributed by atoms with Gasteiger partial charge in [0.05, 0.1) is 0 Å². The van der Waals surface area contributed by atoms with Crippen molar-refractivity contribution in [1.82, 2.24) is 4.98 Å². The topological polar surface area (TPSA) is 42.4 Å². The Morgan fingerprint density at radius 2 is 2.27 bits per heavy atom. The Labute approximate surface area is 96.7 Å². The Balaban J connectivity index is 2.51. The fourth-order valence-corrected chi connectivity index (χ4v) is 1.75. The number of aliphatic hydroxyl groups excluding tert-OH is 1. The van der Waals surface area contributed by atoms with Crippen LogP contribution in [0.15, 0.2) is 18.3 Å². The normalized spacial score (nSPS) is 11.7. The Hall–Kier alpha value is -0.500. The van der Waals surface area contributed by atoms with E-state index in [-0.39, 0.29) is 21.2 Å². The second-order valence-electron chi connectivity index (χ2n) is 2.81. The number of nitrogens with zero attached hydrogens (tertiary/aromatic N) is 1. The van der Waals surface area contributed by atoms with Crippen LogP contribution in [0, 0.1) is 3.70 Å². The molecule has 0 radical (unpaired) electrons. The molecule has 86 valence electrons. The molecule has 1 aromatic rings. The van der Waals surface area contributed by atoms with Crippen molar-refractivity contribution >= 4 is 0 Å². The van der Waals surface area contributed by atoms with Crippen molar-refractivity contribution in [2.45, 2.75) is 5.92 Å². The summed E-state index contributed by atoms with van der Waals surface area (Å²) >= 11 is -0.0943. The molecular weight excluding hydrogens is 319 g/mol. The standard InChI is InChI=1S/C9H11F2INO2/c1-12-8-3-2-7(4-13-8)15-6-9(10,11)5-14/h2-4,14H,5-6H2,1H3/q-1. The number of alkyl halides is 3. The minimum absolute atomic E-state index is 0.0943. The first-order valence-corrected chi connectivity index (χ1v) is 7.38. The van der Waals surface area contributed by atoms with Gasteiger partial charge in [0.15, 0.2) is 0 Å². The monoisotopic (exact) mass is 330 g/mol. The Morgan fingerprint density at radius 1 is 1.53 bits per heavy atom. The van der Waals surface area contributed by atoms with Crippen LogP contribution in [-0.2, 0) is 0 Å². The molecule has 0 aliphatic rings. The van der Waals surface area contributed by atoms with Gasteiger partial charge in [-0.2, -0.15) is 0 Å². The number of hydrogen-bond acceptors (Lipinski definition) is 3. The molecule has 0 fully saturated rings. The van der Waals surface area contributed by atoms with Crippen molar-refractivity contribution in [3.63, 3.8) is 0 Å². The summed E-state index contributed by atoms with van der Waals surface area (Å²) in [5, 5.41) is 8.31. The van der Waals surface area contributed by atoms with Gasteiger partial charge >= 0.3 is 96.7 Å². The van der Waals surface area contributed by atoms with E-state index in [1.807, 2.05) is 0 Å². The fourth-order valence-electron chi connectivity index (χ4n) is 0.794. The predicted molar refractivity (Wildman–Crippen MR) is 46.4 cm³/mol. The van der Waals surface area contributed by atoms with Crippen LogP contribution < -0.4 is 25.9 Å². The zero-order valence-electron chi connectivity index (χ0n) is 8.08. The number of hydrogen-bond donors (Lipinski definition) is 1. The second kappa shape index (κ2) is 5.55. The third-order valence-corrected chi connectivity index (χ3v) is 3.32.